The zero-order valence-electron chi connectivity index (χ0n) is 14.8. The van der Waals surface area contributed by atoms with Gasteiger partial charge in [0.15, 0.2) is 5.96 Å². The molecule has 0 amide bonds. The molecule has 2 aromatic rings. The van der Waals surface area contributed by atoms with Crippen molar-refractivity contribution >= 4 is 5.96 Å². The molecule has 1 unspecified atom stereocenters. The molecule has 1 atom stereocenters. The first-order valence-corrected chi connectivity index (χ1v) is 8.60. The lowest BCUT2D eigenvalue weighted by atomic mass is 9.93. The van der Waals surface area contributed by atoms with E-state index in [1.807, 2.05) is 36.4 Å². The Hall–Kier alpha value is -2.69. The van der Waals surface area contributed by atoms with Crippen LogP contribution in [0.2, 0.25) is 0 Å². The van der Waals surface area contributed by atoms with Gasteiger partial charge in [-0.05, 0) is 24.1 Å². The number of nitrogens with zero attached hydrogens (tertiary/aromatic N) is 1. The molecule has 0 spiro atoms. The summed E-state index contributed by atoms with van der Waals surface area (Å²) in [5.74, 6) is 3.09. The molecule has 0 saturated carbocycles. The number of benzene rings is 2. The predicted molar refractivity (Wildman–Crippen MR) is 100 cm³/mol. The molecule has 1 heterocycles. The van der Waals surface area contributed by atoms with Crippen LogP contribution >= 0.6 is 0 Å². The maximum Gasteiger partial charge on any atom is 0.191 e. The third kappa shape index (κ3) is 4.24. The van der Waals surface area contributed by atoms with E-state index in [2.05, 4.69) is 27.8 Å². The number of guanidine groups is 1. The van der Waals surface area contributed by atoms with Gasteiger partial charge in [-0.1, -0.05) is 36.4 Å². The quantitative estimate of drug-likeness (QED) is 0.650. The third-order valence-electron chi connectivity index (χ3n) is 4.46. The molecule has 0 bridgehead atoms. The Kier molecular flexibility index (Phi) is 5.77. The van der Waals surface area contributed by atoms with Crippen LogP contribution in [-0.2, 0) is 6.54 Å². The zero-order chi connectivity index (χ0) is 17.5. The average Bonchev–Trinajstić information content (AvgIpc) is 2.68. The molecule has 2 N–H and O–H groups in total. The van der Waals surface area contributed by atoms with Crippen molar-refractivity contribution < 1.29 is 9.47 Å². The van der Waals surface area contributed by atoms with Crippen molar-refractivity contribution in [2.45, 2.75) is 18.9 Å². The molecule has 1 aliphatic rings. The van der Waals surface area contributed by atoms with Gasteiger partial charge in [-0.3, -0.25) is 4.99 Å². The molecule has 132 valence electrons. The van der Waals surface area contributed by atoms with Gasteiger partial charge in [0.2, 0.25) is 0 Å². The molecule has 5 heteroatoms. The topological polar surface area (TPSA) is 54.9 Å². The minimum atomic E-state index is 0.426. The van der Waals surface area contributed by atoms with E-state index in [0.29, 0.717) is 12.5 Å². The van der Waals surface area contributed by atoms with Crippen LogP contribution in [0.3, 0.4) is 0 Å². The molecule has 2 aromatic carbocycles. The first kappa shape index (κ1) is 17.1. The van der Waals surface area contributed by atoms with Crippen LogP contribution in [0, 0.1) is 0 Å². The first-order valence-electron chi connectivity index (χ1n) is 8.60. The second-order valence-corrected chi connectivity index (χ2v) is 5.99. The minimum absolute atomic E-state index is 0.426. The highest BCUT2D eigenvalue weighted by atomic mass is 16.5. The first-order chi connectivity index (χ1) is 12.3. The summed E-state index contributed by atoms with van der Waals surface area (Å²) < 4.78 is 11.1. The normalized spacial score (nSPS) is 16.6. The van der Waals surface area contributed by atoms with E-state index in [9.17, 15) is 0 Å². The van der Waals surface area contributed by atoms with E-state index >= 15 is 0 Å². The summed E-state index contributed by atoms with van der Waals surface area (Å²) in [7, 11) is 3.48. The second kappa shape index (κ2) is 8.42. The molecule has 0 saturated heterocycles. The monoisotopic (exact) mass is 339 g/mol. The molecule has 0 aliphatic carbocycles. The Morgan fingerprint density at radius 1 is 1.16 bits per heavy atom. The second-order valence-electron chi connectivity index (χ2n) is 5.99. The SMILES string of the molecule is CN=C(NCc1ccccc1OC)NCC1CCOc2ccccc21. The van der Waals surface area contributed by atoms with Gasteiger partial charge in [-0.15, -0.1) is 0 Å². The van der Waals surface area contributed by atoms with Crippen LogP contribution in [0.4, 0.5) is 0 Å². The van der Waals surface area contributed by atoms with E-state index in [1.165, 1.54) is 5.56 Å². The summed E-state index contributed by atoms with van der Waals surface area (Å²) in [5, 5.41) is 6.78. The maximum atomic E-state index is 5.73. The van der Waals surface area contributed by atoms with Crippen molar-refractivity contribution in [1.29, 1.82) is 0 Å². The lowest BCUT2D eigenvalue weighted by Crippen LogP contribution is -2.39. The Bertz CT molecular complexity index is 730. The molecule has 0 radical (unpaired) electrons. The Morgan fingerprint density at radius 3 is 2.80 bits per heavy atom. The Labute approximate surface area is 149 Å². The molecule has 1 aliphatic heterocycles. The number of ether oxygens (including phenoxy) is 2. The van der Waals surface area contributed by atoms with Crippen LogP contribution in [0.25, 0.3) is 0 Å². The standard InChI is InChI=1S/C20H25N3O2/c1-21-20(23-14-16-7-3-5-9-18(16)24-2)22-13-15-11-12-25-19-10-6-4-8-17(15)19/h3-10,15H,11-14H2,1-2H3,(H2,21,22,23). The summed E-state index contributed by atoms with van der Waals surface area (Å²) in [6, 6.07) is 16.3. The van der Waals surface area contributed by atoms with Crippen LogP contribution in [0.15, 0.2) is 53.5 Å². The van der Waals surface area contributed by atoms with Crippen LogP contribution in [-0.4, -0.2) is 33.3 Å². The van der Waals surface area contributed by atoms with Gasteiger partial charge in [-0.25, -0.2) is 0 Å². The summed E-state index contributed by atoms with van der Waals surface area (Å²) in [6.45, 7) is 2.25. The summed E-state index contributed by atoms with van der Waals surface area (Å²) >= 11 is 0. The van der Waals surface area contributed by atoms with E-state index in [0.717, 1.165) is 42.6 Å². The van der Waals surface area contributed by atoms with Crippen molar-refractivity contribution in [2.75, 3.05) is 27.3 Å². The Balaban J connectivity index is 1.57. The van der Waals surface area contributed by atoms with E-state index < -0.39 is 0 Å². The summed E-state index contributed by atoms with van der Waals surface area (Å²) in [6.07, 6.45) is 1.01. The van der Waals surface area contributed by atoms with Crippen molar-refractivity contribution in [3.63, 3.8) is 0 Å². The maximum absolute atomic E-state index is 5.73. The highest BCUT2D eigenvalue weighted by Crippen LogP contribution is 2.32. The van der Waals surface area contributed by atoms with Crippen molar-refractivity contribution in [3.05, 3.63) is 59.7 Å². The number of aliphatic imine (C=N–C) groups is 1. The average molecular weight is 339 g/mol. The van der Waals surface area contributed by atoms with Gasteiger partial charge in [0, 0.05) is 31.6 Å². The largest absolute Gasteiger partial charge is 0.496 e. The lowest BCUT2D eigenvalue weighted by molar-refractivity contribution is 0.267. The van der Waals surface area contributed by atoms with Crippen molar-refractivity contribution in [2.24, 2.45) is 4.99 Å². The zero-order valence-corrected chi connectivity index (χ0v) is 14.8. The third-order valence-corrected chi connectivity index (χ3v) is 4.46. The molecule has 0 fully saturated rings. The number of fused-ring (bicyclic) bond motifs is 1. The van der Waals surface area contributed by atoms with Crippen molar-refractivity contribution in [1.82, 2.24) is 10.6 Å². The highest BCUT2D eigenvalue weighted by Gasteiger charge is 2.21. The van der Waals surface area contributed by atoms with Gasteiger partial charge < -0.3 is 20.1 Å². The minimum Gasteiger partial charge on any atom is -0.496 e. The molecular formula is C20H25N3O2. The highest BCUT2D eigenvalue weighted by molar-refractivity contribution is 5.79. The van der Waals surface area contributed by atoms with Crippen LogP contribution < -0.4 is 20.1 Å². The van der Waals surface area contributed by atoms with E-state index in [1.54, 1.807) is 14.2 Å². The van der Waals surface area contributed by atoms with Gasteiger partial charge >= 0.3 is 0 Å². The van der Waals surface area contributed by atoms with Crippen molar-refractivity contribution in [3.8, 4) is 11.5 Å². The van der Waals surface area contributed by atoms with Gasteiger partial charge in [0.1, 0.15) is 11.5 Å². The fourth-order valence-electron chi connectivity index (χ4n) is 3.10. The number of para-hydroxylation sites is 2. The Morgan fingerprint density at radius 2 is 1.96 bits per heavy atom. The molecule has 5 nitrogen and oxygen atoms in total. The molecular weight excluding hydrogens is 314 g/mol. The number of hydrogen-bond acceptors (Lipinski definition) is 3. The lowest BCUT2D eigenvalue weighted by Gasteiger charge is -2.26. The fourth-order valence-corrected chi connectivity index (χ4v) is 3.10. The number of rotatable bonds is 5. The molecule has 25 heavy (non-hydrogen) atoms. The molecule has 3 rings (SSSR count). The smallest absolute Gasteiger partial charge is 0.191 e. The predicted octanol–water partition coefficient (Wildman–Crippen LogP) is 2.93. The van der Waals surface area contributed by atoms with E-state index in [4.69, 9.17) is 9.47 Å². The van der Waals surface area contributed by atoms with Crippen LogP contribution in [0.5, 0.6) is 11.5 Å². The van der Waals surface area contributed by atoms with Gasteiger partial charge in [0.25, 0.3) is 0 Å². The number of hydrogen-bond donors (Lipinski definition) is 2. The number of nitrogens with one attached hydrogen (secondary N) is 2. The van der Waals surface area contributed by atoms with Gasteiger partial charge in [-0.2, -0.15) is 0 Å². The summed E-state index contributed by atoms with van der Waals surface area (Å²) in [4.78, 5) is 4.32. The van der Waals surface area contributed by atoms with Gasteiger partial charge in [0.05, 0.1) is 13.7 Å². The fraction of sp³-hybridized carbons (Fsp3) is 0.350. The van der Waals surface area contributed by atoms with Crippen LogP contribution in [0.1, 0.15) is 23.5 Å². The van der Waals surface area contributed by atoms with E-state index in [-0.39, 0.29) is 0 Å². The summed E-state index contributed by atoms with van der Waals surface area (Å²) in [5.41, 5.74) is 2.37. The molecule has 0 aromatic heterocycles. The number of methoxy groups -OCH3 is 1.